The average Bonchev–Trinajstić information content (AvgIpc) is 3.39. The average molecular weight is 490 g/mol. The number of benzene rings is 1. The molecule has 0 aliphatic carbocycles. The number of rotatable bonds is 6. The van der Waals surface area contributed by atoms with E-state index in [0.29, 0.717) is 66.2 Å². The summed E-state index contributed by atoms with van der Waals surface area (Å²) in [5.41, 5.74) is 10.6. The highest BCUT2D eigenvalue weighted by Gasteiger charge is 2.25. The summed E-state index contributed by atoms with van der Waals surface area (Å²) < 4.78 is 20.2. The highest BCUT2D eigenvalue weighted by atomic mass is 32.2. The first kappa shape index (κ1) is 22.1. The minimum Gasteiger partial charge on any atom is -0.396 e. The van der Waals surface area contributed by atoms with E-state index in [2.05, 4.69) is 21.1 Å². The van der Waals surface area contributed by atoms with Crippen molar-refractivity contribution >= 4 is 49.2 Å². The smallest absolute Gasteiger partial charge is 0.199 e. The minimum absolute atomic E-state index is 0.315. The van der Waals surface area contributed by atoms with Crippen LogP contribution in [0.4, 0.5) is 5.69 Å². The quantitative estimate of drug-likeness (QED) is 0.383. The number of nitrogen functional groups attached to an aromatic ring is 1. The number of nitriles is 1. The molecule has 1 aromatic carbocycles. The molecule has 0 aliphatic rings. The van der Waals surface area contributed by atoms with Gasteiger partial charge in [0.25, 0.3) is 0 Å². The summed E-state index contributed by atoms with van der Waals surface area (Å²) in [6.45, 7) is 0.342. The molecule has 0 radical (unpaired) electrons. The van der Waals surface area contributed by atoms with E-state index in [-0.39, 0.29) is 0 Å². The van der Waals surface area contributed by atoms with Crippen molar-refractivity contribution in [1.82, 2.24) is 24.7 Å². The summed E-state index contributed by atoms with van der Waals surface area (Å²) in [5, 5.41) is 15.1. The SMILES string of the molecule is COCC[S@@](=O)c1sc2nc(-c3cnc4nn(C)cc4n3)c(C#N)c(-c3ccccc3)c2c1N. The summed E-state index contributed by atoms with van der Waals surface area (Å²) in [7, 11) is 1.99. The molecule has 0 saturated heterocycles. The number of aromatic nitrogens is 5. The first-order chi connectivity index (χ1) is 16.5. The maximum atomic E-state index is 12.9. The normalized spacial score (nSPS) is 12.3. The third-order valence-electron chi connectivity index (χ3n) is 5.28. The fourth-order valence-electron chi connectivity index (χ4n) is 3.77. The number of thiophene rings is 1. The molecule has 5 rings (SSSR count). The Morgan fingerprint density at radius 3 is 2.79 bits per heavy atom. The van der Waals surface area contributed by atoms with Gasteiger partial charge in [-0.1, -0.05) is 30.3 Å². The summed E-state index contributed by atoms with van der Waals surface area (Å²) in [6, 6.07) is 11.8. The van der Waals surface area contributed by atoms with Crippen molar-refractivity contribution in [3.05, 3.63) is 48.3 Å². The molecule has 1 atom stereocenters. The Morgan fingerprint density at radius 2 is 2.06 bits per heavy atom. The second-order valence-corrected chi connectivity index (χ2v) is 10.2. The fraction of sp³-hybridized carbons (Fsp3) is 0.174. The highest BCUT2D eigenvalue weighted by Crippen LogP contribution is 2.44. The van der Waals surface area contributed by atoms with Crippen LogP contribution in [0.5, 0.6) is 0 Å². The van der Waals surface area contributed by atoms with Crippen LogP contribution >= 0.6 is 11.3 Å². The number of nitrogens with two attached hydrogens (primary N) is 1. The van der Waals surface area contributed by atoms with Crippen molar-refractivity contribution in [2.45, 2.75) is 4.21 Å². The second-order valence-electron chi connectivity index (χ2n) is 7.48. The fourth-order valence-corrected chi connectivity index (χ4v) is 6.32. The van der Waals surface area contributed by atoms with Gasteiger partial charge in [-0.25, -0.2) is 15.0 Å². The maximum absolute atomic E-state index is 12.9. The summed E-state index contributed by atoms with van der Waals surface area (Å²) in [6.07, 6.45) is 3.32. The van der Waals surface area contributed by atoms with Gasteiger partial charge in [-0.3, -0.25) is 8.89 Å². The Morgan fingerprint density at radius 1 is 1.26 bits per heavy atom. The summed E-state index contributed by atoms with van der Waals surface area (Å²) in [5.74, 6) is 0.315. The van der Waals surface area contributed by atoms with Gasteiger partial charge >= 0.3 is 0 Å². The minimum atomic E-state index is -1.36. The van der Waals surface area contributed by atoms with Crippen molar-refractivity contribution in [1.29, 1.82) is 5.26 Å². The molecule has 0 bridgehead atoms. The van der Waals surface area contributed by atoms with Gasteiger partial charge in [0.2, 0.25) is 0 Å². The van der Waals surface area contributed by atoms with E-state index in [9.17, 15) is 9.47 Å². The van der Waals surface area contributed by atoms with Gasteiger partial charge in [0.05, 0.1) is 46.8 Å². The monoisotopic (exact) mass is 489 g/mol. The zero-order valence-electron chi connectivity index (χ0n) is 18.3. The van der Waals surface area contributed by atoms with Crippen LogP contribution in [-0.2, 0) is 22.6 Å². The number of ether oxygens (including phenoxy) is 1. The van der Waals surface area contributed by atoms with Crippen molar-refractivity contribution < 1.29 is 8.95 Å². The van der Waals surface area contributed by atoms with Gasteiger partial charge < -0.3 is 10.5 Å². The van der Waals surface area contributed by atoms with E-state index < -0.39 is 10.8 Å². The largest absolute Gasteiger partial charge is 0.396 e. The van der Waals surface area contributed by atoms with Crippen LogP contribution in [0, 0.1) is 11.3 Å². The number of fused-ring (bicyclic) bond motifs is 2. The van der Waals surface area contributed by atoms with Crippen LogP contribution in [0.3, 0.4) is 0 Å². The van der Waals surface area contributed by atoms with Crippen LogP contribution in [0.1, 0.15) is 5.56 Å². The zero-order chi connectivity index (χ0) is 23.8. The maximum Gasteiger partial charge on any atom is 0.199 e. The molecule has 5 aromatic rings. The summed E-state index contributed by atoms with van der Waals surface area (Å²) in [4.78, 5) is 14.4. The van der Waals surface area contributed by atoms with Crippen LogP contribution in [0.2, 0.25) is 0 Å². The molecule has 11 heteroatoms. The van der Waals surface area contributed by atoms with Crippen LogP contribution in [0.25, 0.3) is 43.9 Å². The van der Waals surface area contributed by atoms with Gasteiger partial charge in [-0.15, -0.1) is 11.3 Å². The highest BCUT2D eigenvalue weighted by molar-refractivity contribution is 7.87. The van der Waals surface area contributed by atoms with Crippen molar-refractivity contribution in [2.24, 2.45) is 7.05 Å². The van der Waals surface area contributed by atoms with Gasteiger partial charge in [0.15, 0.2) is 5.65 Å². The van der Waals surface area contributed by atoms with E-state index in [0.717, 1.165) is 5.56 Å². The molecule has 170 valence electrons. The lowest BCUT2D eigenvalue weighted by Crippen LogP contribution is -2.04. The second kappa shape index (κ2) is 8.90. The van der Waals surface area contributed by atoms with Crippen molar-refractivity contribution in [3.8, 4) is 28.6 Å². The lowest BCUT2D eigenvalue weighted by atomic mass is 9.95. The third-order valence-corrected chi connectivity index (χ3v) is 8.15. The van der Waals surface area contributed by atoms with Crippen molar-refractivity contribution in [3.63, 3.8) is 0 Å². The Kier molecular flexibility index (Phi) is 5.79. The van der Waals surface area contributed by atoms with Gasteiger partial charge in [0, 0.05) is 25.1 Å². The Bertz CT molecular complexity index is 1600. The molecule has 0 amide bonds. The molecule has 4 aromatic heterocycles. The molecule has 34 heavy (non-hydrogen) atoms. The number of pyridine rings is 1. The topological polar surface area (TPSA) is 133 Å². The van der Waals surface area contributed by atoms with E-state index in [4.69, 9.17) is 15.5 Å². The Balaban J connectivity index is 1.83. The number of anilines is 1. The standard InChI is InChI=1S/C23H19N7O2S2/c1-30-12-16-21(29-30)26-11-15(27-16)20-14(10-24)17(13-6-4-3-5-7-13)18-19(25)23(33-22(18)28-20)34(31)9-8-32-2/h3-7,11-12H,8-9,25H2,1-2H3/t34-/m1/s1. The van der Waals surface area contributed by atoms with Gasteiger partial charge in [-0.05, 0) is 5.56 Å². The predicted octanol–water partition coefficient (Wildman–Crippen LogP) is 3.51. The number of nitrogens with zero attached hydrogens (tertiary/aromatic N) is 6. The lowest BCUT2D eigenvalue weighted by Gasteiger charge is -2.11. The van der Waals surface area contributed by atoms with Crippen LogP contribution < -0.4 is 5.73 Å². The Hall–Kier alpha value is -3.72. The van der Waals surface area contributed by atoms with Gasteiger partial charge in [0.1, 0.15) is 32.0 Å². The molecular weight excluding hydrogens is 470 g/mol. The summed E-state index contributed by atoms with van der Waals surface area (Å²) >= 11 is 1.26. The van der Waals surface area contributed by atoms with Crippen molar-refractivity contribution in [2.75, 3.05) is 25.2 Å². The number of aryl methyl sites for hydroxylation is 1. The molecule has 9 nitrogen and oxygen atoms in total. The zero-order valence-corrected chi connectivity index (χ0v) is 20.0. The van der Waals surface area contributed by atoms with E-state index in [1.165, 1.54) is 11.3 Å². The molecule has 0 fully saturated rings. The molecule has 0 aliphatic heterocycles. The first-order valence-corrected chi connectivity index (χ1v) is 12.4. The molecule has 0 unspecified atom stereocenters. The predicted molar refractivity (Wildman–Crippen MR) is 133 cm³/mol. The molecule has 4 heterocycles. The molecule has 0 saturated carbocycles. The number of methoxy groups -OCH3 is 1. The lowest BCUT2D eigenvalue weighted by molar-refractivity contribution is 0.218. The molecule has 2 N–H and O–H groups in total. The van der Waals surface area contributed by atoms with Crippen LogP contribution in [0.15, 0.2) is 46.9 Å². The molecule has 0 spiro atoms. The van der Waals surface area contributed by atoms with E-state index >= 15 is 0 Å². The van der Waals surface area contributed by atoms with E-state index in [1.54, 1.807) is 31.2 Å². The van der Waals surface area contributed by atoms with E-state index in [1.807, 2.05) is 30.3 Å². The first-order valence-electron chi connectivity index (χ1n) is 10.3. The third kappa shape index (κ3) is 3.71. The number of hydrogen-bond donors (Lipinski definition) is 1. The molecular formula is C23H19N7O2S2. The van der Waals surface area contributed by atoms with Gasteiger partial charge in [-0.2, -0.15) is 10.4 Å². The van der Waals surface area contributed by atoms with Crippen LogP contribution in [-0.4, -0.2) is 48.4 Å². The number of hydrogen-bond acceptors (Lipinski definition) is 9. The Labute approximate surface area is 201 Å².